The van der Waals surface area contributed by atoms with E-state index in [4.69, 9.17) is 0 Å². The summed E-state index contributed by atoms with van der Waals surface area (Å²) >= 11 is 1.45. The fraction of sp³-hybridized carbons (Fsp3) is 0.167. The third kappa shape index (κ3) is 3.27. The molecule has 0 spiro atoms. The highest BCUT2D eigenvalue weighted by atomic mass is 32.1. The van der Waals surface area contributed by atoms with Gasteiger partial charge in [0.15, 0.2) is 0 Å². The maximum atomic E-state index is 12.9. The minimum atomic E-state index is -0.768. The summed E-state index contributed by atoms with van der Waals surface area (Å²) in [6.45, 7) is 0.114. The van der Waals surface area contributed by atoms with Crippen molar-refractivity contribution < 1.29 is 14.4 Å². The van der Waals surface area contributed by atoms with Crippen LogP contribution in [0, 0.1) is 15.9 Å². The second kappa shape index (κ2) is 5.77. The van der Waals surface area contributed by atoms with Gasteiger partial charge < -0.3 is 10.4 Å². The van der Waals surface area contributed by atoms with Crippen LogP contribution in [-0.4, -0.2) is 16.6 Å². The average molecular weight is 282 g/mol. The summed E-state index contributed by atoms with van der Waals surface area (Å²) < 4.78 is 12.9. The van der Waals surface area contributed by atoms with E-state index in [0.29, 0.717) is 0 Å². The summed E-state index contributed by atoms with van der Waals surface area (Å²) in [5, 5.41) is 27.0. The average Bonchev–Trinajstić information content (AvgIpc) is 2.90. The first-order valence-electron chi connectivity index (χ1n) is 5.46. The molecule has 0 saturated heterocycles. The number of aliphatic hydroxyl groups is 1. The van der Waals surface area contributed by atoms with Gasteiger partial charge >= 0.3 is 0 Å². The van der Waals surface area contributed by atoms with Gasteiger partial charge in [0.05, 0.1) is 17.1 Å². The first-order valence-corrected chi connectivity index (χ1v) is 6.40. The molecule has 1 heterocycles. The lowest BCUT2D eigenvalue weighted by Crippen LogP contribution is -2.12. The van der Waals surface area contributed by atoms with Crippen molar-refractivity contribution in [3.8, 4) is 0 Å². The number of rotatable bonds is 5. The number of anilines is 1. The number of benzene rings is 1. The molecule has 19 heavy (non-hydrogen) atoms. The van der Waals surface area contributed by atoms with Crippen LogP contribution in [0.5, 0.6) is 0 Å². The monoisotopic (exact) mass is 282 g/mol. The standard InChI is InChI=1S/C12H11FN2O3S/c13-9-1-2-10(11(5-9)15(17)18)14-6-12(16)8-3-4-19-7-8/h1-5,7,12,14,16H,6H2/t12-/m0/s1. The van der Waals surface area contributed by atoms with Gasteiger partial charge in [0, 0.05) is 6.54 Å². The van der Waals surface area contributed by atoms with Gasteiger partial charge in [-0.1, -0.05) is 0 Å². The Labute approximate surface area is 112 Å². The summed E-state index contributed by atoms with van der Waals surface area (Å²) in [5.74, 6) is -0.671. The van der Waals surface area contributed by atoms with Crippen LogP contribution in [0.2, 0.25) is 0 Å². The summed E-state index contributed by atoms with van der Waals surface area (Å²) in [6, 6.07) is 5.04. The molecule has 0 radical (unpaired) electrons. The fourth-order valence-corrected chi connectivity index (χ4v) is 2.30. The molecule has 1 aromatic carbocycles. The minimum absolute atomic E-state index is 0.114. The van der Waals surface area contributed by atoms with Crippen LogP contribution in [0.1, 0.15) is 11.7 Å². The molecule has 0 saturated carbocycles. The molecule has 0 aliphatic heterocycles. The van der Waals surface area contributed by atoms with Gasteiger partial charge in [-0.3, -0.25) is 10.1 Å². The molecule has 0 unspecified atom stereocenters. The van der Waals surface area contributed by atoms with Gasteiger partial charge in [0.25, 0.3) is 5.69 Å². The number of nitro groups is 1. The molecule has 5 nitrogen and oxygen atoms in total. The molecule has 2 N–H and O–H groups in total. The van der Waals surface area contributed by atoms with Crippen molar-refractivity contribution in [3.63, 3.8) is 0 Å². The zero-order valence-electron chi connectivity index (χ0n) is 9.75. The van der Waals surface area contributed by atoms with Gasteiger partial charge in [0.2, 0.25) is 0 Å². The van der Waals surface area contributed by atoms with Crippen LogP contribution >= 0.6 is 11.3 Å². The number of halogens is 1. The van der Waals surface area contributed by atoms with Gasteiger partial charge in [-0.25, -0.2) is 4.39 Å². The maximum Gasteiger partial charge on any atom is 0.295 e. The van der Waals surface area contributed by atoms with E-state index in [0.717, 1.165) is 17.7 Å². The maximum absolute atomic E-state index is 12.9. The van der Waals surface area contributed by atoms with E-state index >= 15 is 0 Å². The number of nitro benzene ring substituents is 1. The van der Waals surface area contributed by atoms with Crippen molar-refractivity contribution in [1.82, 2.24) is 0 Å². The van der Waals surface area contributed by atoms with Crippen LogP contribution < -0.4 is 5.32 Å². The molecule has 1 aromatic heterocycles. The molecule has 2 aromatic rings. The highest BCUT2D eigenvalue weighted by Crippen LogP contribution is 2.26. The lowest BCUT2D eigenvalue weighted by molar-refractivity contribution is -0.384. The van der Waals surface area contributed by atoms with Crippen LogP contribution in [0.4, 0.5) is 15.8 Å². The van der Waals surface area contributed by atoms with Gasteiger partial charge in [-0.2, -0.15) is 11.3 Å². The normalized spacial score (nSPS) is 12.1. The number of nitrogens with one attached hydrogen (secondary N) is 1. The Bertz CT molecular complexity index is 574. The van der Waals surface area contributed by atoms with E-state index in [9.17, 15) is 19.6 Å². The molecule has 0 aliphatic carbocycles. The van der Waals surface area contributed by atoms with Crippen LogP contribution in [-0.2, 0) is 0 Å². The molecule has 0 fully saturated rings. The molecule has 0 bridgehead atoms. The first kappa shape index (κ1) is 13.4. The van der Waals surface area contributed by atoms with E-state index in [-0.39, 0.29) is 17.9 Å². The largest absolute Gasteiger partial charge is 0.387 e. The van der Waals surface area contributed by atoms with Crippen molar-refractivity contribution in [2.45, 2.75) is 6.10 Å². The lowest BCUT2D eigenvalue weighted by atomic mass is 10.2. The Morgan fingerprint density at radius 2 is 2.26 bits per heavy atom. The Kier molecular flexibility index (Phi) is 4.08. The van der Waals surface area contributed by atoms with Gasteiger partial charge in [-0.15, -0.1) is 0 Å². The number of hydrogen-bond acceptors (Lipinski definition) is 5. The van der Waals surface area contributed by atoms with E-state index < -0.39 is 16.8 Å². The zero-order valence-corrected chi connectivity index (χ0v) is 10.6. The highest BCUT2D eigenvalue weighted by molar-refractivity contribution is 7.07. The summed E-state index contributed by atoms with van der Waals surface area (Å²) in [5.41, 5.74) is 0.570. The van der Waals surface area contributed by atoms with Crippen molar-refractivity contribution >= 4 is 22.7 Å². The third-order valence-corrected chi connectivity index (χ3v) is 3.27. The summed E-state index contributed by atoms with van der Waals surface area (Å²) in [7, 11) is 0. The van der Waals surface area contributed by atoms with Crippen molar-refractivity contribution in [3.05, 3.63) is 56.5 Å². The number of thiophene rings is 1. The Morgan fingerprint density at radius 1 is 1.47 bits per heavy atom. The second-order valence-electron chi connectivity index (χ2n) is 3.87. The van der Waals surface area contributed by atoms with Crippen LogP contribution in [0.3, 0.4) is 0 Å². The van der Waals surface area contributed by atoms with Crippen LogP contribution in [0.15, 0.2) is 35.0 Å². The van der Waals surface area contributed by atoms with Crippen molar-refractivity contribution in [2.24, 2.45) is 0 Å². The van der Waals surface area contributed by atoms with E-state index in [1.165, 1.54) is 17.4 Å². The fourth-order valence-electron chi connectivity index (χ4n) is 1.59. The lowest BCUT2D eigenvalue weighted by Gasteiger charge is -2.11. The van der Waals surface area contributed by atoms with E-state index in [1.54, 1.807) is 11.4 Å². The zero-order chi connectivity index (χ0) is 13.8. The highest BCUT2D eigenvalue weighted by Gasteiger charge is 2.16. The molecule has 0 aliphatic rings. The molecule has 7 heteroatoms. The Morgan fingerprint density at radius 3 is 2.89 bits per heavy atom. The topological polar surface area (TPSA) is 75.4 Å². The molecule has 2 rings (SSSR count). The number of aliphatic hydroxyl groups excluding tert-OH is 1. The predicted octanol–water partition coefficient (Wildman–Crippen LogP) is 2.94. The quantitative estimate of drug-likeness (QED) is 0.653. The molecular formula is C12H11FN2O3S. The van der Waals surface area contributed by atoms with Gasteiger partial charge in [0.1, 0.15) is 11.5 Å². The molecule has 1 atom stereocenters. The van der Waals surface area contributed by atoms with Crippen molar-refractivity contribution in [2.75, 3.05) is 11.9 Å². The summed E-state index contributed by atoms with van der Waals surface area (Å²) in [6.07, 6.45) is -0.768. The molecule has 100 valence electrons. The second-order valence-corrected chi connectivity index (χ2v) is 4.65. The smallest absolute Gasteiger partial charge is 0.295 e. The van der Waals surface area contributed by atoms with Crippen molar-refractivity contribution in [1.29, 1.82) is 0 Å². The third-order valence-electron chi connectivity index (χ3n) is 2.57. The molecular weight excluding hydrogens is 271 g/mol. The Hall–Kier alpha value is -1.99. The molecule has 0 amide bonds. The predicted molar refractivity (Wildman–Crippen MR) is 70.8 cm³/mol. The van der Waals surface area contributed by atoms with Gasteiger partial charge in [-0.05, 0) is 34.5 Å². The van der Waals surface area contributed by atoms with E-state index in [1.807, 2.05) is 5.38 Å². The van der Waals surface area contributed by atoms with Crippen LogP contribution in [0.25, 0.3) is 0 Å². The summed E-state index contributed by atoms with van der Waals surface area (Å²) in [4.78, 5) is 10.1. The first-order chi connectivity index (χ1) is 9.08. The Balaban J connectivity index is 2.09. The minimum Gasteiger partial charge on any atom is -0.387 e. The number of hydrogen-bond donors (Lipinski definition) is 2. The van der Waals surface area contributed by atoms with E-state index in [2.05, 4.69) is 5.32 Å². The number of nitrogens with zero attached hydrogens (tertiary/aromatic N) is 1. The SMILES string of the molecule is O=[N+]([O-])c1cc(F)ccc1NC[C@H](O)c1ccsc1.